The van der Waals surface area contributed by atoms with E-state index in [1.54, 1.807) is 7.11 Å². The summed E-state index contributed by atoms with van der Waals surface area (Å²) in [7, 11) is 1.60. The summed E-state index contributed by atoms with van der Waals surface area (Å²) in [6.07, 6.45) is 1.50. The number of carbonyl (C=O) groups is 1. The molecule has 0 aromatic heterocycles. The highest BCUT2D eigenvalue weighted by molar-refractivity contribution is 5.78. The standard InChI is InChI=1S/C13H14O4/c1-16-10-4-2-3-8-11(10)17-6-5-13(8)7-9(13)12(14)15/h2-4,9H,5-7H2,1H3,(H,14,15). The van der Waals surface area contributed by atoms with Crippen LogP contribution in [0.15, 0.2) is 18.2 Å². The third kappa shape index (κ3) is 1.33. The van der Waals surface area contributed by atoms with E-state index in [-0.39, 0.29) is 11.3 Å². The molecule has 0 radical (unpaired) electrons. The molecule has 1 fully saturated rings. The highest BCUT2D eigenvalue weighted by atomic mass is 16.5. The summed E-state index contributed by atoms with van der Waals surface area (Å²) in [5.41, 5.74) is 0.782. The molecule has 90 valence electrons. The first kappa shape index (κ1) is 10.4. The van der Waals surface area contributed by atoms with Crippen LogP contribution >= 0.6 is 0 Å². The van der Waals surface area contributed by atoms with E-state index in [9.17, 15) is 4.79 Å². The lowest BCUT2D eigenvalue weighted by Crippen LogP contribution is -2.24. The molecule has 0 bridgehead atoms. The topological polar surface area (TPSA) is 55.8 Å². The number of carboxylic acid groups (broad SMARTS) is 1. The van der Waals surface area contributed by atoms with E-state index < -0.39 is 5.97 Å². The first-order valence-corrected chi connectivity index (χ1v) is 5.72. The van der Waals surface area contributed by atoms with Crippen LogP contribution in [0.3, 0.4) is 0 Å². The zero-order valence-electron chi connectivity index (χ0n) is 9.60. The number of hydrogen-bond donors (Lipinski definition) is 1. The van der Waals surface area contributed by atoms with Crippen molar-refractivity contribution in [2.24, 2.45) is 5.92 Å². The van der Waals surface area contributed by atoms with Crippen molar-refractivity contribution < 1.29 is 19.4 Å². The number of carboxylic acids is 1. The molecule has 1 aliphatic carbocycles. The van der Waals surface area contributed by atoms with Crippen molar-refractivity contribution in [2.45, 2.75) is 18.3 Å². The lowest BCUT2D eigenvalue weighted by Gasteiger charge is -2.27. The molecular weight excluding hydrogens is 220 g/mol. The van der Waals surface area contributed by atoms with Gasteiger partial charge in [0.2, 0.25) is 0 Å². The van der Waals surface area contributed by atoms with E-state index in [0.717, 1.165) is 17.7 Å². The third-order valence-corrected chi connectivity index (χ3v) is 3.90. The van der Waals surface area contributed by atoms with E-state index >= 15 is 0 Å². The quantitative estimate of drug-likeness (QED) is 0.848. The SMILES string of the molecule is COc1cccc2c1OCCC21CC1C(=O)O. The monoisotopic (exact) mass is 234 g/mol. The van der Waals surface area contributed by atoms with Crippen LogP contribution in [0, 0.1) is 5.92 Å². The van der Waals surface area contributed by atoms with Crippen molar-refractivity contribution in [1.82, 2.24) is 0 Å². The second-order valence-corrected chi connectivity index (χ2v) is 4.69. The zero-order valence-corrected chi connectivity index (χ0v) is 9.60. The van der Waals surface area contributed by atoms with Crippen LogP contribution in [0.5, 0.6) is 11.5 Å². The second-order valence-electron chi connectivity index (χ2n) is 4.69. The molecule has 0 saturated heterocycles. The molecule has 2 atom stereocenters. The number of para-hydroxylation sites is 1. The highest BCUT2D eigenvalue weighted by Gasteiger charge is 2.61. The number of aliphatic carboxylic acids is 1. The van der Waals surface area contributed by atoms with E-state index in [4.69, 9.17) is 14.6 Å². The Kier molecular flexibility index (Phi) is 2.08. The molecule has 4 nitrogen and oxygen atoms in total. The van der Waals surface area contributed by atoms with E-state index in [1.807, 2.05) is 18.2 Å². The van der Waals surface area contributed by atoms with E-state index in [1.165, 1.54) is 0 Å². The van der Waals surface area contributed by atoms with Crippen molar-refractivity contribution in [2.75, 3.05) is 13.7 Å². The number of fused-ring (bicyclic) bond motifs is 2. The van der Waals surface area contributed by atoms with Gasteiger partial charge in [-0.3, -0.25) is 4.79 Å². The van der Waals surface area contributed by atoms with Gasteiger partial charge in [-0.1, -0.05) is 12.1 Å². The second kappa shape index (κ2) is 3.39. The minimum absolute atomic E-state index is 0.214. The lowest BCUT2D eigenvalue weighted by atomic mass is 9.87. The summed E-state index contributed by atoms with van der Waals surface area (Å²) in [6.45, 7) is 0.567. The van der Waals surface area contributed by atoms with Gasteiger partial charge in [0.1, 0.15) is 0 Å². The fourth-order valence-corrected chi connectivity index (χ4v) is 2.89. The van der Waals surface area contributed by atoms with Gasteiger partial charge in [0.05, 0.1) is 19.6 Å². The van der Waals surface area contributed by atoms with Gasteiger partial charge in [-0.05, 0) is 18.9 Å². The molecule has 4 heteroatoms. The number of benzene rings is 1. The van der Waals surface area contributed by atoms with Crippen molar-refractivity contribution in [1.29, 1.82) is 0 Å². The molecule has 2 aliphatic rings. The van der Waals surface area contributed by atoms with Gasteiger partial charge in [-0.25, -0.2) is 0 Å². The Labute approximate surface area is 99.2 Å². The van der Waals surface area contributed by atoms with Gasteiger partial charge >= 0.3 is 5.97 Å². The maximum atomic E-state index is 11.1. The molecule has 3 rings (SSSR count). The largest absolute Gasteiger partial charge is 0.493 e. The molecule has 1 spiro atoms. The number of hydrogen-bond acceptors (Lipinski definition) is 3. The predicted octanol–water partition coefficient (Wildman–Crippen LogP) is 1.82. The fourth-order valence-electron chi connectivity index (χ4n) is 2.89. The average Bonchev–Trinajstić information content (AvgIpc) is 3.05. The van der Waals surface area contributed by atoms with Crippen LogP contribution in [0.4, 0.5) is 0 Å². The maximum Gasteiger partial charge on any atom is 0.307 e. The Morgan fingerprint density at radius 3 is 3.06 bits per heavy atom. The molecule has 1 aromatic rings. The molecule has 1 heterocycles. The van der Waals surface area contributed by atoms with Crippen LogP contribution < -0.4 is 9.47 Å². The fraction of sp³-hybridized carbons (Fsp3) is 0.462. The Morgan fingerprint density at radius 2 is 2.41 bits per heavy atom. The summed E-state index contributed by atoms with van der Waals surface area (Å²) < 4.78 is 10.9. The smallest absolute Gasteiger partial charge is 0.307 e. The molecule has 1 saturated carbocycles. The summed E-state index contributed by atoms with van der Waals surface area (Å²) >= 11 is 0. The van der Waals surface area contributed by atoms with E-state index in [2.05, 4.69) is 0 Å². The Morgan fingerprint density at radius 1 is 1.59 bits per heavy atom. The minimum Gasteiger partial charge on any atom is -0.493 e. The van der Waals surface area contributed by atoms with Gasteiger partial charge in [-0.15, -0.1) is 0 Å². The van der Waals surface area contributed by atoms with Crippen molar-refractivity contribution in [3.05, 3.63) is 23.8 Å². The normalized spacial score (nSPS) is 29.4. The number of methoxy groups -OCH3 is 1. The van der Waals surface area contributed by atoms with Gasteiger partial charge in [-0.2, -0.15) is 0 Å². The van der Waals surface area contributed by atoms with Crippen LogP contribution in [-0.2, 0) is 10.2 Å². The van der Waals surface area contributed by atoms with Crippen LogP contribution in [0.25, 0.3) is 0 Å². The van der Waals surface area contributed by atoms with Crippen molar-refractivity contribution in [3.63, 3.8) is 0 Å². The average molecular weight is 234 g/mol. The third-order valence-electron chi connectivity index (χ3n) is 3.90. The molecule has 2 unspecified atom stereocenters. The van der Waals surface area contributed by atoms with Gasteiger partial charge in [0.25, 0.3) is 0 Å². The first-order chi connectivity index (χ1) is 8.19. The van der Waals surface area contributed by atoms with Crippen molar-refractivity contribution >= 4 is 5.97 Å². The Balaban J connectivity index is 2.07. The number of ether oxygens (including phenoxy) is 2. The minimum atomic E-state index is -0.708. The zero-order chi connectivity index (χ0) is 12.0. The summed E-state index contributed by atoms with van der Waals surface area (Å²) in [5, 5.41) is 9.15. The molecule has 1 aliphatic heterocycles. The Bertz CT molecular complexity index is 482. The molecule has 0 amide bonds. The lowest BCUT2D eigenvalue weighted by molar-refractivity contribution is -0.139. The maximum absolute atomic E-state index is 11.1. The molecule has 1 aromatic carbocycles. The van der Waals surface area contributed by atoms with E-state index in [0.29, 0.717) is 18.8 Å². The Hall–Kier alpha value is -1.71. The first-order valence-electron chi connectivity index (χ1n) is 5.72. The van der Waals surface area contributed by atoms with Gasteiger partial charge in [0, 0.05) is 11.0 Å². The highest BCUT2D eigenvalue weighted by Crippen LogP contribution is 2.61. The van der Waals surface area contributed by atoms with Crippen LogP contribution in [0.2, 0.25) is 0 Å². The molecule has 1 N–H and O–H groups in total. The number of rotatable bonds is 2. The van der Waals surface area contributed by atoms with Gasteiger partial charge < -0.3 is 14.6 Å². The summed E-state index contributed by atoms with van der Waals surface area (Å²) in [6, 6.07) is 5.70. The van der Waals surface area contributed by atoms with Gasteiger partial charge in [0.15, 0.2) is 11.5 Å². The summed E-state index contributed by atoms with van der Waals surface area (Å²) in [4.78, 5) is 11.1. The van der Waals surface area contributed by atoms with Crippen LogP contribution in [0.1, 0.15) is 18.4 Å². The predicted molar refractivity (Wildman–Crippen MR) is 60.5 cm³/mol. The molecule has 17 heavy (non-hydrogen) atoms. The molecular formula is C13H14O4. The van der Waals surface area contributed by atoms with Crippen molar-refractivity contribution in [3.8, 4) is 11.5 Å². The van der Waals surface area contributed by atoms with Crippen LogP contribution in [-0.4, -0.2) is 24.8 Å². The summed E-state index contributed by atoms with van der Waals surface area (Å²) in [5.74, 6) is 0.445.